The molecule has 0 aliphatic carbocycles. The monoisotopic (exact) mass is 285 g/mol. The Bertz CT molecular complexity index is 555. The van der Waals surface area contributed by atoms with Gasteiger partial charge in [0.1, 0.15) is 12.4 Å². The normalized spacial score (nSPS) is 10.1. The number of carbonyl (C=O) groups is 1. The summed E-state index contributed by atoms with van der Waals surface area (Å²) >= 11 is 0. The number of benzene rings is 1. The van der Waals surface area contributed by atoms with Gasteiger partial charge >= 0.3 is 6.09 Å². The van der Waals surface area contributed by atoms with Gasteiger partial charge in [-0.05, 0) is 36.6 Å². The molecule has 0 bridgehead atoms. The SMILES string of the molecule is NCCCc1ccc(NC(=O)OCc2ccccc2)nc1. The maximum atomic E-state index is 11.7. The van der Waals surface area contributed by atoms with Crippen LogP contribution in [-0.4, -0.2) is 17.6 Å². The lowest BCUT2D eigenvalue weighted by molar-refractivity contribution is 0.155. The number of ether oxygens (including phenoxy) is 1. The second-order valence-corrected chi connectivity index (χ2v) is 4.63. The fraction of sp³-hybridized carbons (Fsp3) is 0.250. The van der Waals surface area contributed by atoms with E-state index in [1.165, 1.54) is 0 Å². The van der Waals surface area contributed by atoms with Gasteiger partial charge < -0.3 is 10.5 Å². The Morgan fingerprint density at radius 2 is 1.95 bits per heavy atom. The van der Waals surface area contributed by atoms with E-state index in [0.717, 1.165) is 24.0 Å². The third kappa shape index (κ3) is 5.24. The van der Waals surface area contributed by atoms with Crippen molar-refractivity contribution in [1.29, 1.82) is 0 Å². The highest BCUT2D eigenvalue weighted by molar-refractivity contribution is 5.83. The highest BCUT2D eigenvalue weighted by Crippen LogP contribution is 2.08. The van der Waals surface area contributed by atoms with Crippen molar-refractivity contribution in [2.75, 3.05) is 11.9 Å². The van der Waals surface area contributed by atoms with Crippen molar-refractivity contribution >= 4 is 11.9 Å². The first-order chi connectivity index (χ1) is 10.3. The predicted octanol–water partition coefficient (Wildman–Crippen LogP) is 2.72. The summed E-state index contributed by atoms with van der Waals surface area (Å²) in [6.45, 7) is 0.896. The molecule has 5 nitrogen and oxygen atoms in total. The lowest BCUT2D eigenvalue weighted by atomic mass is 10.1. The van der Waals surface area contributed by atoms with Crippen LogP contribution in [0.4, 0.5) is 10.6 Å². The van der Waals surface area contributed by atoms with Crippen LogP contribution in [0.1, 0.15) is 17.5 Å². The molecule has 1 amide bonds. The number of rotatable bonds is 6. The highest BCUT2D eigenvalue weighted by Gasteiger charge is 2.04. The zero-order valence-corrected chi connectivity index (χ0v) is 11.8. The zero-order chi connectivity index (χ0) is 14.9. The molecule has 5 heteroatoms. The number of aryl methyl sites for hydroxylation is 1. The molecule has 1 heterocycles. The Hall–Kier alpha value is -2.40. The molecule has 0 atom stereocenters. The second-order valence-electron chi connectivity index (χ2n) is 4.63. The quantitative estimate of drug-likeness (QED) is 0.855. The van der Waals surface area contributed by atoms with Gasteiger partial charge in [-0.25, -0.2) is 9.78 Å². The van der Waals surface area contributed by atoms with Crippen LogP contribution < -0.4 is 11.1 Å². The number of amides is 1. The average Bonchev–Trinajstić information content (AvgIpc) is 2.53. The molecule has 21 heavy (non-hydrogen) atoms. The third-order valence-electron chi connectivity index (χ3n) is 2.94. The smallest absolute Gasteiger partial charge is 0.413 e. The van der Waals surface area contributed by atoms with E-state index in [0.29, 0.717) is 12.4 Å². The van der Waals surface area contributed by atoms with E-state index in [4.69, 9.17) is 10.5 Å². The maximum absolute atomic E-state index is 11.7. The van der Waals surface area contributed by atoms with E-state index in [1.807, 2.05) is 36.4 Å². The Kier molecular flexibility index (Phi) is 5.72. The predicted molar refractivity (Wildman–Crippen MR) is 81.9 cm³/mol. The zero-order valence-electron chi connectivity index (χ0n) is 11.8. The Labute approximate surface area is 124 Å². The lowest BCUT2D eigenvalue weighted by Gasteiger charge is -2.07. The van der Waals surface area contributed by atoms with Gasteiger partial charge in [-0.2, -0.15) is 0 Å². The van der Waals surface area contributed by atoms with Crippen LogP contribution in [0.15, 0.2) is 48.7 Å². The number of nitrogens with one attached hydrogen (secondary N) is 1. The number of hydrogen-bond acceptors (Lipinski definition) is 4. The fourth-order valence-corrected chi connectivity index (χ4v) is 1.82. The van der Waals surface area contributed by atoms with Crippen LogP contribution in [-0.2, 0) is 17.8 Å². The molecule has 0 fully saturated rings. The van der Waals surface area contributed by atoms with Gasteiger partial charge in [0, 0.05) is 6.20 Å². The van der Waals surface area contributed by atoms with Gasteiger partial charge in [-0.15, -0.1) is 0 Å². The van der Waals surface area contributed by atoms with Crippen molar-refractivity contribution in [1.82, 2.24) is 4.98 Å². The second kappa shape index (κ2) is 8.01. The summed E-state index contributed by atoms with van der Waals surface area (Å²) in [7, 11) is 0. The molecule has 2 rings (SSSR count). The molecule has 1 aromatic heterocycles. The molecular weight excluding hydrogens is 266 g/mol. The summed E-state index contributed by atoms with van der Waals surface area (Å²) in [5.41, 5.74) is 7.50. The van der Waals surface area contributed by atoms with Crippen LogP contribution in [0.3, 0.4) is 0 Å². The molecule has 0 aliphatic heterocycles. The van der Waals surface area contributed by atoms with Gasteiger partial charge in [-0.3, -0.25) is 5.32 Å². The number of nitrogens with two attached hydrogens (primary N) is 1. The van der Waals surface area contributed by atoms with Gasteiger partial charge in [0.05, 0.1) is 0 Å². The number of hydrogen-bond donors (Lipinski definition) is 2. The first kappa shape index (κ1) is 15.0. The van der Waals surface area contributed by atoms with E-state index in [9.17, 15) is 4.79 Å². The van der Waals surface area contributed by atoms with Gasteiger partial charge in [-0.1, -0.05) is 36.4 Å². The molecule has 3 N–H and O–H groups in total. The first-order valence-corrected chi connectivity index (χ1v) is 6.90. The van der Waals surface area contributed by atoms with E-state index in [1.54, 1.807) is 12.3 Å². The lowest BCUT2D eigenvalue weighted by Crippen LogP contribution is -2.14. The van der Waals surface area contributed by atoms with Crippen LogP contribution >= 0.6 is 0 Å². The molecule has 0 aliphatic rings. The number of carbonyl (C=O) groups excluding carboxylic acids is 1. The van der Waals surface area contributed by atoms with Gasteiger partial charge in [0.25, 0.3) is 0 Å². The van der Waals surface area contributed by atoms with E-state index in [-0.39, 0.29) is 6.61 Å². The van der Waals surface area contributed by atoms with Crippen molar-refractivity contribution < 1.29 is 9.53 Å². The molecule has 0 radical (unpaired) electrons. The summed E-state index contributed by atoms with van der Waals surface area (Å²) in [4.78, 5) is 15.8. The number of aromatic nitrogens is 1. The summed E-state index contributed by atoms with van der Waals surface area (Å²) in [6, 6.07) is 13.2. The van der Waals surface area contributed by atoms with Crippen molar-refractivity contribution in [3.05, 3.63) is 59.8 Å². The minimum atomic E-state index is -0.513. The molecule has 0 spiro atoms. The first-order valence-electron chi connectivity index (χ1n) is 6.90. The molecule has 0 unspecified atom stereocenters. The number of pyridine rings is 1. The Morgan fingerprint density at radius 1 is 1.14 bits per heavy atom. The summed E-state index contributed by atoms with van der Waals surface area (Å²) < 4.78 is 5.12. The Balaban J connectivity index is 1.79. The van der Waals surface area contributed by atoms with E-state index in [2.05, 4.69) is 10.3 Å². The summed E-state index contributed by atoms with van der Waals surface area (Å²) in [6.07, 6.45) is 3.04. The molecule has 0 saturated carbocycles. The molecule has 0 saturated heterocycles. The summed E-state index contributed by atoms with van der Waals surface area (Å²) in [5, 5.41) is 2.60. The maximum Gasteiger partial charge on any atom is 0.413 e. The standard InChI is InChI=1S/C16H19N3O2/c17-10-4-7-13-8-9-15(18-11-13)19-16(20)21-12-14-5-2-1-3-6-14/h1-3,5-6,8-9,11H,4,7,10,12,17H2,(H,18,19,20). The molecule has 110 valence electrons. The molecule has 1 aromatic carbocycles. The van der Waals surface area contributed by atoms with Crippen molar-refractivity contribution in [3.63, 3.8) is 0 Å². The van der Waals surface area contributed by atoms with E-state index < -0.39 is 6.09 Å². The van der Waals surface area contributed by atoms with Gasteiger partial charge in [0.15, 0.2) is 0 Å². The highest BCUT2D eigenvalue weighted by atomic mass is 16.5. The summed E-state index contributed by atoms with van der Waals surface area (Å²) in [5.74, 6) is 0.476. The average molecular weight is 285 g/mol. The van der Waals surface area contributed by atoms with Crippen LogP contribution in [0.25, 0.3) is 0 Å². The van der Waals surface area contributed by atoms with E-state index >= 15 is 0 Å². The van der Waals surface area contributed by atoms with Crippen molar-refractivity contribution in [2.45, 2.75) is 19.4 Å². The number of anilines is 1. The topological polar surface area (TPSA) is 77.2 Å². The number of nitrogens with zero attached hydrogens (tertiary/aromatic N) is 1. The van der Waals surface area contributed by atoms with Crippen LogP contribution in [0.2, 0.25) is 0 Å². The Morgan fingerprint density at radius 3 is 2.62 bits per heavy atom. The molecular formula is C16H19N3O2. The minimum absolute atomic E-state index is 0.237. The minimum Gasteiger partial charge on any atom is -0.444 e. The van der Waals surface area contributed by atoms with Crippen molar-refractivity contribution in [3.8, 4) is 0 Å². The van der Waals surface area contributed by atoms with Crippen LogP contribution in [0, 0.1) is 0 Å². The fourth-order valence-electron chi connectivity index (χ4n) is 1.82. The largest absolute Gasteiger partial charge is 0.444 e. The van der Waals surface area contributed by atoms with Gasteiger partial charge in [0.2, 0.25) is 0 Å². The third-order valence-corrected chi connectivity index (χ3v) is 2.94. The van der Waals surface area contributed by atoms with Crippen molar-refractivity contribution in [2.24, 2.45) is 5.73 Å². The van der Waals surface area contributed by atoms with Crippen LogP contribution in [0.5, 0.6) is 0 Å². The molecule has 2 aromatic rings.